The van der Waals surface area contributed by atoms with Gasteiger partial charge < -0.3 is 9.88 Å². The Hall–Kier alpha value is -1.91. The summed E-state index contributed by atoms with van der Waals surface area (Å²) in [6, 6.07) is 16.3. The Labute approximate surface area is 150 Å². The summed E-state index contributed by atoms with van der Waals surface area (Å²) in [7, 11) is 0. The Morgan fingerprint density at radius 1 is 1.08 bits per heavy atom. The molecule has 0 spiro atoms. The normalized spacial score (nSPS) is 12.5. The van der Waals surface area contributed by atoms with E-state index in [2.05, 4.69) is 52.1 Å². The van der Waals surface area contributed by atoms with Gasteiger partial charge in [0.15, 0.2) is 5.43 Å². The molecule has 2 aromatic carbocycles. The van der Waals surface area contributed by atoms with E-state index in [0.29, 0.717) is 0 Å². The SMILES string of the molecule is CC[NH+](Cc1ccccc1)Cc1c(C)[nH]c2ccc(Br)cc2c1=O. The van der Waals surface area contributed by atoms with E-state index >= 15 is 0 Å². The number of hydrogen-bond acceptors (Lipinski definition) is 1. The van der Waals surface area contributed by atoms with E-state index in [1.165, 1.54) is 10.5 Å². The van der Waals surface area contributed by atoms with Crippen LogP contribution in [0.15, 0.2) is 57.8 Å². The largest absolute Gasteiger partial charge is 0.358 e. The fraction of sp³-hybridized carbons (Fsp3) is 0.250. The monoisotopic (exact) mass is 385 g/mol. The Balaban J connectivity index is 1.94. The number of H-pyrrole nitrogens is 1. The lowest BCUT2D eigenvalue weighted by Gasteiger charge is -2.19. The molecule has 0 aliphatic rings. The van der Waals surface area contributed by atoms with Crippen LogP contribution in [0.25, 0.3) is 10.9 Å². The Kier molecular flexibility index (Phi) is 5.17. The molecule has 1 atom stereocenters. The molecule has 0 saturated carbocycles. The fourth-order valence-corrected chi connectivity index (χ4v) is 3.44. The number of quaternary nitrogens is 1. The quantitative estimate of drug-likeness (QED) is 0.695. The van der Waals surface area contributed by atoms with Gasteiger partial charge in [0.25, 0.3) is 0 Å². The molecule has 1 aromatic heterocycles. The van der Waals surface area contributed by atoms with Gasteiger partial charge in [-0.15, -0.1) is 0 Å². The van der Waals surface area contributed by atoms with Gasteiger partial charge in [-0.05, 0) is 32.0 Å². The predicted molar refractivity (Wildman–Crippen MR) is 102 cm³/mol. The lowest BCUT2D eigenvalue weighted by atomic mass is 10.1. The minimum Gasteiger partial charge on any atom is -0.358 e. The van der Waals surface area contributed by atoms with Crippen LogP contribution in [0.4, 0.5) is 0 Å². The highest BCUT2D eigenvalue weighted by atomic mass is 79.9. The molecule has 124 valence electrons. The molecular formula is C20H22BrN2O+. The highest BCUT2D eigenvalue weighted by Crippen LogP contribution is 2.17. The van der Waals surface area contributed by atoms with Crippen LogP contribution in [0.2, 0.25) is 0 Å². The standard InChI is InChI=1S/C20H21BrN2O/c1-3-23(12-15-7-5-4-6-8-15)13-18-14(2)22-19-10-9-16(21)11-17(19)20(18)24/h4-11H,3,12-13H2,1-2H3,(H,22,24)/p+1. The molecule has 0 aliphatic carbocycles. The summed E-state index contributed by atoms with van der Waals surface area (Å²) in [6.07, 6.45) is 0. The van der Waals surface area contributed by atoms with E-state index in [-0.39, 0.29) is 5.43 Å². The minimum atomic E-state index is 0.140. The molecule has 1 unspecified atom stereocenters. The first-order chi connectivity index (χ1) is 11.6. The number of benzene rings is 2. The van der Waals surface area contributed by atoms with Crippen LogP contribution >= 0.6 is 15.9 Å². The van der Waals surface area contributed by atoms with Crippen LogP contribution in [0.1, 0.15) is 23.7 Å². The molecular weight excluding hydrogens is 364 g/mol. The van der Waals surface area contributed by atoms with E-state index < -0.39 is 0 Å². The Morgan fingerprint density at radius 2 is 1.83 bits per heavy atom. The first-order valence-corrected chi connectivity index (χ1v) is 9.06. The van der Waals surface area contributed by atoms with Crippen LogP contribution in [0.5, 0.6) is 0 Å². The second-order valence-corrected chi connectivity index (χ2v) is 7.11. The van der Waals surface area contributed by atoms with Crippen LogP contribution in [0.3, 0.4) is 0 Å². The molecule has 0 saturated heterocycles. The lowest BCUT2D eigenvalue weighted by Crippen LogP contribution is -3.09. The number of aromatic amines is 1. The van der Waals surface area contributed by atoms with Gasteiger partial charge in [-0.2, -0.15) is 0 Å². The van der Waals surface area contributed by atoms with E-state index in [1.54, 1.807) is 0 Å². The Morgan fingerprint density at radius 3 is 2.54 bits per heavy atom. The number of pyridine rings is 1. The fourth-order valence-electron chi connectivity index (χ4n) is 3.08. The second kappa shape index (κ2) is 7.32. The Bertz CT molecular complexity index is 903. The van der Waals surface area contributed by atoms with Crippen molar-refractivity contribution < 1.29 is 4.90 Å². The number of fused-ring (bicyclic) bond motifs is 1. The first-order valence-electron chi connectivity index (χ1n) is 8.27. The molecule has 0 amide bonds. The van der Waals surface area contributed by atoms with Crippen molar-refractivity contribution in [3.05, 3.63) is 80.0 Å². The second-order valence-electron chi connectivity index (χ2n) is 6.19. The molecule has 1 heterocycles. The molecule has 0 radical (unpaired) electrons. The maximum Gasteiger partial charge on any atom is 0.198 e. The molecule has 0 aliphatic heterocycles. The molecule has 0 fully saturated rings. The number of hydrogen-bond donors (Lipinski definition) is 2. The van der Waals surface area contributed by atoms with Crippen molar-refractivity contribution in [2.24, 2.45) is 0 Å². The number of nitrogens with one attached hydrogen (secondary N) is 2. The summed E-state index contributed by atoms with van der Waals surface area (Å²) >= 11 is 3.46. The van der Waals surface area contributed by atoms with Gasteiger partial charge in [-0.1, -0.05) is 46.3 Å². The third kappa shape index (κ3) is 3.60. The van der Waals surface area contributed by atoms with Crippen molar-refractivity contribution >= 4 is 26.8 Å². The molecule has 24 heavy (non-hydrogen) atoms. The van der Waals surface area contributed by atoms with Crippen molar-refractivity contribution in [2.75, 3.05) is 6.54 Å². The lowest BCUT2D eigenvalue weighted by molar-refractivity contribution is -0.925. The van der Waals surface area contributed by atoms with E-state index in [1.807, 2.05) is 31.2 Å². The van der Waals surface area contributed by atoms with Gasteiger partial charge in [0.2, 0.25) is 0 Å². The van der Waals surface area contributed by atoms with Crippen LogP contribution in [-0.2, 0) is 13.1 Å². The van der Waals surface area contributed by atoms with Gasteiger partial charge in [0.1, 0.15) is 13.1 Å². The molecule has 4 heteroatoms. The van der Waals surface area contributed by atoms with Crippen molar-refractivity contribution in [3.63, 3.8) is 0 Å². The zero-order valence-corrected chi connectivity index (χ0v) is 15.6. The summed E-state index contributed by atoms with van der Waals surface area (Å²) < 4.78 is 0.930. The average Bonchev–Trinajstić information content (AvgIpc) is 2.59. The molecule has 3 nitrogen and oxygen atoms in total. The molecule has 3 rings (SSSR count). The molecule has 0 bridgehead atoms. The predicted octanol–water partition coefficient (Wildman–Crippen LogP) is 3.20. The summed E-state index contributed by atoms with van der Waals surface area (Å²) in [6.45, 7) is 6.79. The third-order valence-corrected chi connectivity index (χ3v) is 4.99. The zero-order chi connectivity index (χ0) is 17.1. The maximum absolute atomic E-state index is 13.0. The van der Waals surface area contributed by atoms with Crippen LogP contribution < -0.4 is 10.3 Å². The maximum atomic E-state index is 13.0. The highest BCUT2D eigenvalue weighted by molar-refractivity contribution is 9.10. The van der Waals surface area contributed by atoms with Gasteiger partial charge >= 0.3 is 0 Å². The van der Waals surface area contributed by atoms with E-state index in [0.717, 1.165) is 46.3 Å². The minimum absolute atomic E-state index is 0.140. The topological polar surface area (TPSA) is 37.3 Å². The van der Waals surface area contributed by atoms with Crippen molar-refractivity contribution in [2.45, 2.75) is 26.9 Å². The van der Waals surface area contributed by atoms with E-state index in [9.17, 15) is 4.79 Å². The number of aryl methyl sites for hydroxylation is 1. The smallest absolute Gasteiger partial charge is 0.198 e. The van der Waals surface area contributed by atoms with Gasteiger partial charge in [0, 0.05) is 26.6 Å². The summed E-state index contributed by atoms with van der Waals surface area (Å²) in [5, 5.41) is 0.750. The van der Waals surface area contributed by atoms with Crippen molar-refractivity contribution in [3.8, 4) is 0 Å². The summed E-state index contributed by atoms with van der Waals surface area (Å²) in [5.41, 5.74) is 4.18. The van der Waals surface area contributed by atoms with Crippen molar-refractivity contribution in [1.29, 1.82) is 0 Å². The first kappa shape index (κ1) is 16.9. The molecule has 2 N–H and O–H groups in total. The highest BCUT2D eigenvalue weighted by Gasteiger charge is 2.16. The number of halogens is 1. The third-order valence-electron chi connectivity index (χ3n) is 4.50. The van der Waals surface area contributed by atoms with E-state index in [4.69, 9.17) is 0 Å². The van der Waals surface area contributed by atoms with Gasteiger partial charge in [0.05, 0.1) is 12.1 Å². The summed E-state index contributed by atoms with van der Waals surface area (Å²) in [4.78, 5) is 17.7. The van der Waals surface area contributed by atoms with Gasteiger partial charge in [-0.25, -0.2) is 0 Å². The van der Waals surface area contributed by atoms with Crippen molar-refractivity contribution in [1.82, 2.24) is 4.98 Å². The zero-order valence-electron chi connectivity index (χ0n) is 14.0. The van der Waals surface area contributed by atoms with Gasteiger partial charge in [-0.3, -0.25) is 4.79 Å². The number of aromatic nitrogens is 1. The summed E-state index contributed by atoms with van der Waals surface area (Å²) in [5.74, 6) is 0. The molecule has 3 aromatic rings. The average molecular weight is 386 g/mol. The number of rotatable bonds is 5. The van der Waals surface area contributed by atoms with Crippen LogP contribution in [-0.4, -0.2) is 11.5 Å². The van der Waals surface area contributed by atoms with Crippen LogP contribution in [0, 0.1) is 6.92 Å².